The topological polar surface area (TPSA) is 103 Å². The molecule has 0 aliphatic carbocycles. The lowest BCUT2D eigenvalue weighted by Crippen LogP contribution is -2.39. The fraction of sp³-hybridized carbons (Fsp3) is 0.583. The lowest BCUT2D eigenvalue weighted by Gasteiger charge is -2.30. The van der Waals surface area contributed by atoms with Gasteiger partial charge in [0.25, 0.3) is 5.91 Å². The maximum Gasteiger partial charge on any atom is 0.407 e. The molecule has 0 unspecified atom stereocenters. The number of carbonyl (C=O) groups excluding carboxylic acids is 2. The number of hydrogen-bond donors (Lipinski definition) is 1. The molecule has 0 saturated carbocycles. The summed E-state index contributed by atoms with van der Waals surface area (Å²) in [7, 11) is -3.23. The second-order valence-electron chi connectivity index (χ2n) is 8.94. The Bertz CT molecular complexity index is 952. The van der Waals surface area contributed by atoms with Gasteiger partial charge in [0.1, 0.15) is 18.0 Å². The lowest BCUT2D eigenvalue weighted by molar-refractivity contribution is 0.0531. The molecular weight excluding hydrogens is 478 g/mol. The van der Waals surface area contributed by atoms with Crippen LogP contribution >= 0.6 is 7.60 Å². The average Bonchev–Trinajstić information content (AvgIpc) is 2.78. The molecule has 11 heteroatoms. The second kappa shape index (κ2) is 13.0. The molecule has 1 heterocycles. The Morgan fingerprint density at radius 3 is 2.51 bits per heavy atom. The molecule has 0 spiro atoms. The van der Waals surface area contributed by atoms with Crippen LogP contribution in [0.5, 0.6) is 5.75 Å². The van der Waals surface area contributed by atoms with Crippen molar-refractivity contribution in [2.24, 2.45) is 0 Å². The molecule has 2 amide bonds. The molecule has 0 saturated heterocycles. The Morgan fingerprint density at radius 2 is 1.91 bits per heavy atom. The van der Waals surface area contributed by atoms with Gasteiger partial charge in [-0.2, -0.15) is 0 Å². The van der Waals surface area contributed by atoms with Gasteiger partial charge >= 0.3 is 13.7 Å². The predicted octanol–water partition coefficient (Wildman–Crippen LogP) is 4.71. The van der Waals surface area contributed by atoms with Gasteiger partial charge in [0, 0.05) is 30.8 Å². The van der Waals surface area contributed by atoms with Crippen LogP contribution in [-0.2, 0) is 24.8 Å². The Labute approximate surface area is 206 Å². The summed E-state index contributed by atoms with van der Waals surface area (Å²) in [6, 6.07) is 5.07. The van der Waals surface area contributed by atoms with Crippen LogP contribution in [0.3, 0.4) is 0 Å². The van der Waals surface area contributed by atoms with Crippen molar-refractivity contribution in [3.63, 3.8) is 0 Å². The van der Waals surface area contributed by atoms with Crippen LogP contribution in [0.4, 0.5) is 9.18 Å². The maximum absolute atomic E-state index is 13.2. The molecule has 1 aromatic rings. The highest BCUT2D eigenvalue weighted by Gasteiger charge is 2.29. The summed E-state index contributed by atoms with van der Waals surface area (Å²) in [5.41, 5.74) is 0.935. The van der Waals surface area contributed by atoms with Crippen LogP contribution in [0.2, 0.25) is 0 Å². The van der Waals surface area contributed by atoms with Crippen LogP contribution in [0.25, 0.3) is 0 Å². The first kappa shape index (κ1) is 28.8. The fourth-order valence-electron chi connectivity index (χ4n) is 3.42. The SMILES string of the molecule is CCOP(=O)(CCN1CCc2cc(OC/C(=C/F)CNC(=O)OC(C)(C)C)ccc2C1=O)OCC. The first-order chi connectivity index (χ1) is 16.5. The van der Waals surface area contributed by atoms with E-state index in [2.05, 4.69) is 5.32 Å². The Morgan fingerprint density at radius 1 is 1.23 bits per heavy atom. The molecule has 1 N–H and O–H groups in total. The van der Waals surface area contributed by atoms with Crippen LogP contribution in [-0.4, -0.2) is 68.1 Å². The van der Waals surface area contributed by atoms with E-state index in [-0.39, 0.29) is 50.6 Å². The quantitative estimate of drug-likeness (QED) is 0.403. The number of rotatable bonds is 12. The summed E-state index contributed by atoms with van der Waals surface area (Å²) in [4.78, 5) is 26.3. The van der Waals surface area contributed by atoms with Crippen molar-refractivity contribution in [3.05, 3.63) is 41.2 Å². The Kier molecular flexibility index (Phi) is 10.7. The minimum absolute atomic E-state index is 0.0584. The maximum atomic E-state index is 13.2. The first-order valence-corrected chi connectivity index (χ1v) is 13.4. The standard InChI is InChI=1S/C24H36FN2O7P/c1-6-32-35(30,33-7-2)13-12-27-11-10-19-14-20(8-9-21(19)22(27)28)31-17-18(15-25)16-26-23(29)34-24(3,4)5/h8-9,14-15H,6-7,10-13,16-17H2,1-5H3,(H,26,29)/b18-15+. The van der Waals surface area contributed by atoms with Crippen LogP contribution < -0.4 is 10.1 Å². The van der Waals surface area contributed by atoms with Crippen molar-refractivity contribution in [3.8, 4) is 5.75 Å². The summed E-state index contributed by atoms with van der Waals surface area (Å²) in [5.74, 6) is 0.321. The molecule has 0 fully saturated rings. The van der Waals surface area contributed by atoms with E-state index in [0.29, 0.717) is 30.6 Å². The number of amides is 2. The number of nitrogens with one attached hydrogen (secondary N) is 1. The van der Waals surface area contributed by atoms with Crippen molar-refractivity contribution in [1.29, 1.82) is 0 Å². The molecule has 2 rings (SSSR count). The molecule has 1 aliphatic rings. The van der Waals surface area contributed by atoms with Gasteiger partial charge in [-0.05, 0) is 64.8 Å². The van der Waals surface area contributed by atoms with Gasteiger partial charge in [-0.3, -0.25) is 9.36 Å². The van der Waals surface area contributed by atoms with Gasteiger partial charge in [0.15, 0.2) is 0 Å². The van der Waals surface area contributed by atoms with Crippen molar-refractivity contribution < 1.29 is 37.1 Å². The molecule has 0 atom stereocenters. The zero-order valence-corrected chi connectivity index (χ0v) is 22.0. The van der Waals surface area contributed by atoms with Crippen molar-refractivity contribution in [2.45, 2.75) is 46.6 Å². The van der Waals surface area contributed by atoms with Gasteiger partial charge < -0.3 is 28.7 Å². The van der Waals surface area contributed by atoms with Crippen LogP contribution in [0.1, 0.15) is 50.5 Å². The van der Waals surface area contributed by atoms with E-state index in [1.165, 1.54) is 0 Å². The normalized spacial score (nSPS) is 14.5. The number of fused-ring (bicyclic) bond motifs is 1. The third-order valence-electron chi connectivity index (χ3n) is 4.98. The highest BCUT2D eigenvalue weighted by Crippen LogP contribution is 2.47. The van der Waals surface area contributed by atoms with E-state index in [0.717, 1.165) is 5.56 Å². The van der Waals surface area contributed by atoms with E-state index < -0.39 is 19.3 Å². The molecule has 196 valence electrons. The Balaban J connectivity index is 1.92. The van der Waals surface area contributed by atoms with E-state index >= 15 is 0 Å². The van der Waals surface area contributed by atoms with Crippen LogP contribution in [0.15, 0.2) is 30.1 Å². The number of benzene rings is 1. The molecule has 1 aliphatic heterocycles. The summed E-state index contributed by atoms with van der Waals surface area (Å²) in [5, 5.41) is 2.49. The zero-order chi connectivity index (χ0) is 26.1. The lowest BCUT2D eigenvalue weighted by atomic mass is 9.99. The van der Waals surface area contributed by atoms with Gasteiger partial charge in [-0.15, -0.1) is 0 Å². The highest BCUT2D eigenvalue weighted by atomic mass is 31.2. The summed E-state index contributed by atoms with van der Waals surface area (Å²) in [6.07, 6.45) is 0.470. The number of nitrogens with zero attached hydrogens (tertiary/aromatic N) is 1. The summed E-state index contributed by atoms with van der Waals surface area (Å²) >= 11 is 0. The van der Waals surface area contributed by atoms with Gasteiger partial charge in [-0.25, -0.2) is 9.18 Å². The molecule has 1 aromatic carbocycles. The third-order valence-corrected chi connectivity index (χ3v) is 7.03. The van der Waals surface area contributed by atoms with Crippen molar-refractivity contribution >= 4 is 19.6 Å². The number of carbonyl (C=O) groups is 2. The fourth-order valence-corrected chi connectivity index (χ4v) is 5.02. The second-order valence-corrected chi connectivity index (χ2v) is 11.1. The highest BCUT2D eigenvalue weighted by molar-refractivity contribution is 7.53. The predicted molar refractivity (Wildman–Crippen MR) is 131 cm³/mol. The van der Waals surface area contributed by atoms with Gasteiger partial charge in [-0.1, -0.05) is 0 Å². The molecule has 0 aromatic heterocycles. The van der Waals surface area contributed by atoms with Crippen molar-refractivity contribution in [1.82, 2.24) is 10.2 Å². The first-order valence-electron chi connectivity index (χ1n) is 11.7. The number of halogens is 1. The van der Waals surface area contributed by atoms with Gasteiger partial charge in [0.2, 0.25) is 0 Å². The minimum atomic E-state index is -3.23. The molecule has 0 bridgehead atoms. The van der Waals surface area contributed by atoms with Crippen LogP contribution in [0, 0.1) is 0 Å². The van der Waals surface area contributed by atoms with Gasteiger partial charge in [0.05, 0.1) is 25.7 Å². The van der Waals surface area contributed by atoms with E-state index in [1.807, 2.05) is 0 Å². The monoisotopic (exact) mass is 514 g/mol. The zero-order valence-electron chi connectivity index (χ0n) is 21.1. The average molecular weight is 515 g/mol. The molecule has 9 nitrogen and oxygen atoms in total. The van der Waals surface area contributed by atoms with E-state index in [1.54, 1.807) is 57.7 Å². The number of hydrogen-bond acceptors (Lipinski definition) is 7. The molecule has 35 heavy (non-hydrogen) atoms. The third kappa shape index (κ3) is 9.28. The number of alkyl carbamates (subject to hydrolysis) is 1. The summed E-state index contributed by atoms with van der Waals surface area (Å²) in [6.45, 7) is 9.85. The van der Waals surface area contributed by atoms with E-state index in [9.17, 15) is 18.5 Å². The minimum Gasteiger partial charge on any atom is -0.489 e. The molecule has 0 radical (unpaired) electrons. The largest absolute Gasteiger partial charge is 0.489 e. The van der Waals surface area contributed by atoms with Crippen molar-refractivity contribution in [2.75, 3.05) is 45.6 Å². The summed E-state index contributed by atoms with van der Waals surface area (Å²) < 4.78 is 47.3. The Hall–Kier alpha value is -2.42. The smallest absolute Gasteiger partial charge is 0.407 e. The number of ether oxygens (including phenoxy) is 2. The molecular formula is C24H36FN2O7P. The van der Waals surface area contributed by atoms with E-state index in [4.69, 9.17) is 18.5 Å².